The van der Waals surface area contributed by atoms with Crippen molar-refractivity contribution in [2.24, 2.45) is 5.73 Å². The maximum absolute atomic E-state index is 16.1. The minimum Gasteiger partial charge on any atom is -0.497 e. The number of H-pyrrole nitrogens is 2. The van der Waals surface area contributed by atoms with Crippen LogP contribution in [0.4, 0.5) is 13.2 Å². The number of aliphatic hydroxyl groups excluding tert-OH is 1. The Balaban J connectivity index is 1.06. The van der Waals surface area contributed by atoms with Gasteiger partial charge in [0.25, 0.3) is 0 Å². The maximum Gasteiger partial charge on any atom is 0.246 e. The molecule has 2 fully saturated rings. The summed E-state index contributed by atoms with van der Waals surface area (Å²) in [6.45, 7) is 4.30. The number of hydrogen-bond acceptors (Lipinski definition) is 14. The molecular weight excluding hydrogens is 1280 g/mol. The van der Waals surface area contributed by atoms with Gasteiger partial charge in [0.15, 0.2) is 0 Å². The second-order valence-corrected chi connectivity index (χ2v) is 25.1. The van der Waals surface area contributed by atoms with Crippen LogP contribution in [0.5, 0.6) is 11.5 Å². The molecule has 2 saturated heterocycles. The number of benzene rings is 4. The van der Waals surface area contributed by atoms with E-state index in [9.17, 15) is 52.2 Å². The minimum atomic E-state index is -1.90. The van der Waals surface area contributed by atoms with Crippen molar-refractivity contribution in [1.29, 1.82) is 0 Å². The van der Waals surface area contributed by atoms with Gasteiger partial charge in [0.05, 0.1) is 26.3 Å². The zero-order valence-electron chi connectivity index (χ0n) is 54.6. The molecule has 11 atom stereocenters. The number of aromatic amines is 2. The SMILES string of the molecule is COc1ccc(C[C@@H]2NC(=O)[C@H]([C@@H](C)O)NC(=O)[C@@H]3C[C@H](F)CN3C(=O)[C@H](Cc3c[nH]c4ccc(F)cc34)NC(=O)[C@H](Cc3c[nH]c4ccc(F)cc34)NC(=O)[C@@H](C)NC(=O)[C@H](NC(C)=O)CCC(=O)NCCOc3ccc(cc3)C[C@@H](C(N)=O)NC(=O)[C@]3(C)CCCN3C2=O)cc1. The van der Waals surface area contributed by atoms with Crippen molar-refractivity contribution in [2.75, 3.05) is 33.4 Å². The van der Waals surface area contributed by atoms with E-state index in [0.717, 1.165) is 18.7 Å². The van der Waals surface area contributed by atoms with Crippen LogP contribution in [0, 0.1) is 11.6 Å². The number of ether oxygens (including phenoxy) is 2. The van der Waals surface area contributed by atoms with Gasteiger partial charge in [-0.25, -0.2) is 13.2 Å². The minimum absolute atomic E-state index is 0.00621. The third-order valence-electron chi connectivity index (χ3n) is 17.9. The summed E-state index contributed by atoms with van der Waals surface area (Å²) in [5.41, 5.74) is 6.67. The van der Waals surface area contributed by atoms with Crippen LogP contribution in [-0.4, -0.2) is 189 Å². The van der Waals surface area contributed by atoms with Crippen LogP contribution in [0.2, 0.25) is 0 Å². The monoisotopic (exact) mass is 1360 g/mol. The second-order valence-electron chi connectivity index (χ2n) is 25.1. The highest BCUT2D eigenvalue weighted by atomic mass is 19.1. The highest BCUT2D eigenvalue weighted by Gasteiger charge is 2.49. The summed E-state index contributed by atoms with van der Waals surface area (Å²) in [7, 11) is 1.45. The normalized spacial score (nSPS) is 25.3. The Hall–Kier alpha value is -10.5. The highest BCUT2D eigenvalue weighted by molar-refractivity contribution is 6.00. The average molecular weight is 1360 g/mol. The molecular formula is C68H80F3N13O14. The first-order chi connectivity index (χ1) is 46.7. The van der Waals surface area contributed by atoms with Crippen molar-refractivity contribution >= 4 is 86.8 Å². The van der Waals surface area contributed by atoms with E-state index in [1.54, 1.807) is 48.5 Å². The van der Waals surface area contributed by atoms with E-state index in [4.69, 9.17) is 15.2 Å². The number of nitrogens with two attached hydrogens (primary N) is 1. The quantitative estimate of drug-likeness (QED) is 0.0856. The fourth-order valence-electron chi connectivity index (χ4n) is 12.5. The molecule has 0 unspecified atom stereocenters. The lowest BCUT2D eigenvalue weighted by Crippen LogP contribution is -2.64. The van der Waals surface area contributed by atoms with Gasteiger partial charge in [0.2, 0.25) is 65.0 Å². The molecule has 98 heavy (non-hydrogen) atoms. The van der Waals surface area contributed by atoms with Gasteiger partial charge in [-0.15, -0.1) is 0 Å². The summed E-state index contributed by atoms with van der Waals surface area (Å²) >= 11 is 0. The van der Waals surface area contributed by atoms with Crippen LogP contribution >= 0.6 is 0 Å². The lowest BCUT2D eigenvalue weighted by atomic mass is 9.94. The number of carbonyl (C=O) groups excluding carboxylic acids is 11. The molecule has 0 spiro atoms. The molecule has 11 amide bonds. The van der Waals surface area contributed by atoms with Crippen LogP contribution in [0.15, 0.2) is 97.3 Å². The molecule has 0 radical (unpaired) electrons. The Bertz CT molecular complexity index is 3980. The summed E-state index contributed by atoms with van der Waals surface area (Å²) in [5.74, 6) is -10.3. The van der Waals surface area contributed by atoms with Crippen LogP contribution in [-0.2, 0) is 78.4 Å². The number of primary amides is 1. The van der Waals surface area contributed by atoms with Crippen molar-refractivity contribution in [3.63, 3.8) is 0 Å². The number of aliphatic hydroxyl groups is 1. The molecule has 4 aliphatic heterocycles. The fourth-order valence-corrected chi connectivity index (χ4v) is 12.5. The van der Waals surface area contributed by atoms with Gasteiger partial charge in [0.1, 0.15) is 89.8 Å². The number of alkyl halides is 1. The molecule has 30 heteroatoms. The summed E-state index contributed by atoms with van der Waals surface area (Å²) in [5, 5.41) is 32.6. The summed E-state index contributed by atoms with van der Waals surface area (Å²) in [4.78, 5) is 165. The summed E-state index contributed by atoms with van der Waals surface area (Å²) in [6, 6.07) is 7.81. The number of halogens is 3. The zero-order valence-corrected chi connectivity index (χ0v) is 54.6. The van der Waals surface area contributed by atoms with E-state index in [1.807, 2.05) is 0 Å². The van der Waals surface area contributed by atoms with Gasteiger partial charge in [-0.2, -0.15) is 0 Å². The Labute approximate surface area is 561 Å². The predicted molar refractivity (Wildman–Crippen MR) is 349 cm³/mol. The van der Waals surface area contributed by atoms with Crippen molar-refractivity contribution in [3.8, 4) is 11.5 Å². The molecule has 10 rings (SSSR count). The van der Waals surface area contributed by atoms with E-state index in [2.05, 4.69) is 52.5 Å². The Kier molecular flexibility index (Phi) is 23.1. The zero-order chi connectivity index (χ0) is 70.7. The molecule has 2 bridgehead atoms. The first-order valence-corrected chi connectivity index (χ1v) is 32.1. The van der Waals surface area contributed by atoms with Gasteiger partial charge >= 0.3 is 0 Å². The van der Waals surface area contributed by atoms with Crippen molar-refractivity contribution in [1.82, 2.24) is 62.3 Å². The summed E-state index contributed by atoms with van der Waals surface area (Å²) < 4.78 is 57.1. The molecule has 6 aromatic rings. The van der Waals surface area contributed by atoms with Gasteiger partial charge in [-0.05, 0) is 123 Å². The van der Waals surface area contributed by atoms with Gasteiger partial charge in [-0.1, -0.05) is 24.3 Å². The number of carbonyl (C=O) groups is 11. The number of aromatic nitrogens is 2. The smallest absolute Gasteiger partial charge is 0.246 e. The van der Waals surface area contributed by atoms with E-state index >= 15 is 18.8 Å². The number of nitrogens with zero attached hydrogens (tertiary/aromatic N) is 2. The topological polar surface area (TPSA) is 387 Å². The Morgan fingerprint density at radius 1 is 0.755 bits per heavy atom. The van der Waals surface area contributed by atoms with Crippen molar-refractivity contribution in [2.45, 2.75) is 152 Å². The van der Waals surface area contributed by atoms with Crippen LogP contribution < -0.4 is 57.7 Å². The number of nitrogens with one attached hydrogen (secondary N) is 10. The molecule has 522 valence electrons. The lowest BCUT2D eigenvalue weighted by Gasteiger charge is -2.37. The average Bonchev–Trinajstić information content (AvgIpc) is 1.61. The van der Waals surface area contributed by atoms with E-state index < -0.39 is 169 Å². The third-order valence-corrected chi connectivity index (χ3v) is 17.9. The lowest BCUT2D eigenvalue weighted by molar-refractivity contribution is -0.147. The van der Waals surface area contributed by atoms with Gasteiger partial charge in [-0.3, -0.25) is 52.7 Å². The van der Waals surface area contributed by atoms with Crippen LogP contribution in [0.25, 0.3) is 21.8 Å². The summed E-state index contributed by atoms with van der Waals surface area (Å²) in [6.07, 6.45) is -2.68. The van der Waals surface area contributed by atoms with E-state index in [0.29, 0.717) is 51.0 Å². The fraction of sp³-hybridized carbons (Fsp3) is 0.426. The molecule has 0 saturated carbocycles. The van der Waals surface area contributed by atoms with Crippen LogP contribution in [0.1, 0.15) is 82.1 Å². The Morgan fingerprint density at radius 3 is 1.98 bits per heavy atom. The molecule has 13 N–H and O–H groups in total. The second kappa shape index (κ2) is 31.6. The van der Waals surface area contributed by atoms with E-state index in [-0.39, 0.29) is 62.8 Å². The highest BCUT2D eigenvalue weighted by Crippen LogP contribution is 2.32. The molecule has 2 aromatic heterocycles. The number of rotatable bonds is 10. The van der Waals surface area contributed by atoms with E-state index in [1.165, 1.54) is 74.6 Å². The Morgan fingerprint density at radius 2 is 1.37 bits per heavy atom. The maximum atomic E-state index is 16.1. The van der Waals surface area contributed by atoms with Gasteiger partial charge in [0, 0.05) is 86.2 Å². The standard InChI is InChI=1S/C68H80F3N13O14/c1-35-60(89)78-53(27-40-32-74-49-17-11-42(69)29-47(40)49)62(91)79-55(28-41-33-75-50-18-12-43(70)30-48(41)50)65(94)83-34-44(71)31-56(83)63(92)82-58(36(2)85)64(93)80-54(26-39-7-13-45(97-5)14-8-39)66(95)84-23-6-21-68(84,4)67(96)81-52(59(72)88)25-38-9-15-46(16-10-38)98-24-22-73-57(87)20-19-51(61(90)76-35)77-37(3)86/h7-18,29-30,32-33,35-36,44,51-56,58,74-75,85H,6,19-28,31,34H2,1-5H3,(H2,72,88)(H,73,87)(H,76,90)(H,77,86)(H,78,89)(H,79,91)(H,80,93)(H,81,96)(H,82,92)/t35-,36-,44+,51-,52+,53+,54+,55+,56+,58+,68+/m1/s1. The molecule has 0 aliphatic carbocycles. The molecule has 6 heterocycles. The van der Waals surface area contributed by atoms with Crippen molar-refractivity contribution in [3.05, 3.63) is 131 Å². The number of amides is 11. The first-order valence-electron chi connectivity index (χ1n) is 32.1. The van der Waals surface area contributed by atoms with Gasteiger partial charge < -0.3 is 82.6 Å². The molecule has 4 aliphatic rings. The number of hydrogen-bond donors (Lipinski definition) is 12. The molecule has 4 aromatic carbocycles. The number of fused-ring (bicyclic) bond motifs is 30. The first kappa shape index (κ1) is 71.8. The number of methoxy groups -OCH3 is 1. The largest absolute Gasteiger partial charge is 0.497 e. The van der Waals surface area contributed by atoms with Crippen molar-refractivity contribution < 1.29 is 80.5 Å². The van der Waals surface area contributed by atoms with Crippen LogP contribution in [0.3, 0.4) is 0 Å². The third kappa shape index (κ3) is 17.5. The predicted octanol–water partition coefficient (Wildman–Crippen LogP) is 1.12. The molecule has 27 nitrogen and oxygen atoms in total.